The molecule has 0 aliphatic carbocycles. The summed E-state index contributed by atoms with van der Waals surface area (Å²) in [5, 5.41) is 3.12. The van der Waals surface area contributed by atoms with Gasteiger partial charge in [-0.05, 0) is 37.1 Å². The van der Waals surface area contributed by atoms with Gasteiger partial charge >= 0.3 is 6.18 Å². The molecule has 21 heavy (non-hydrogen) atoms. The monoisotopic (exact) mass is 305 g/mol. The molecular formula is C15H22F3NO2. The highest BCUT2D eigenvalue weighted by atomic mass is 19.4. The van der Waals surface area contributed by atoms with E-state index in [9.17, 15) is 13.2 Å². The van der Waals surface area contributed by atoms with Crippen LogP contribution in [0.4, 0.5) is 13.2 Å². The van der Waals surface area contributed by atoms with Crippen LogP contribution < -0.4 is 10.1 Å². The van der Waals surface area contributed by atoms with Gasteiger partial charge in [0.1, 0.15) is 5.75 Å². The molecule has 0 bridgehead atoms. The van der Waals surface area contributed by atoms with E-state index in [0.29, 0.717) is 24.6 Å². The molecule has 3 nitrogen and oxygen atoms in total. The molecule has 1 aromatic carbocycles. The van der Waals surface area contributed by atoms with Crippen LogP contribution in [0.2, 0.25) is 0 Å². The van der Waals surface area contributed by atoms with Gasteiger partial charge in [0.2, 0.25) is 0 Å². The van der Waals surface area contributed by atoms with E-state index in [-0.39, 0.29) is 12.5 Å². The molecular weight excluding hydrogens is 283 g/mol. The molecule has 1 aromatic rings. The van der Waals surface area contributed by atoms with Crippen molar-refractivity contribution in [2.24, 2.45) is 5.92 Å². The predicted molar refractivity (Wildman–Crippen MR) is 75.1 cm³/mol. The fourth-order valence-corrected chi connectivity index (χ4v) is 1.73. The van der Waals surface area contributed by atoms with E-state index < -0.39 is 11.7 Å². The third kappa shape index (κ3) is 6.35. The standard InChI is InChI=1S/C15H22F3NO2/c1-4-20-10-21-14-6-5-12(9-19-8-11(2)3)7-13(14)15(16,17)18/h5-7,11,19H,4,8-10H2,1-3H3. The normalized spacial score (nSPS) is 12.0. The minimum absolute atomic E-state index is 0.190. The molecule has 0 amide bonds. The van der Waals surface area contributed by atoms with Crippen molar-refractivity contribution in [1.82, 2.24) is 5.32 Å². The number of benzene rings is 1. The Bertz CT molecular complexity index is 433. The maximum atomic E-state index is 13.0. The number of hydrogen-bond acceptors (Lipinski definition) is 3. The number of hydrogen-bond donors (Lipinski definition) is 1. The fraction of sp³-hybridized carbons (Fsp3) is 0.600. The second-order valence-corrected chi connectivity index (χ2v) is 5.11. The van der Waals surface area contributed by atoms with Crippen LogP contribution in [0, 0.1) is 5.92 Å². The molecule has 0 heterocycles. The second-order valence-electron chi connectivity index (χ2n) is 5.11. The first-order valence-electron chi connectivity index (χ1n) is 6.96. The average Bonchev–Trinajstić information content (AvgIpc) is 2.38. The molecule has 0 aliphatic rings. The molecule has 0 saturated carbocycles. The Kier molecular flexibility index (Phi) is 6.98. The zero-order chi connectivity index (χ0) is 15.9. The van der Waals surface area contributed by atoms with Gasteiger partial charge in [-0.2, -0.15) is 13.2 Å². The Labute approximate surface area is 123 Å². The quantitative estimate of drug-likeness (QED) is 0.585. The minimum atomic E-state index is -4.45. The molecule has 0 fully saturated rings. The molecule has 6 heteroatoms. The second kappa shape index (κ2) is 8.24. The third-order valence-electron chi connectivity index (χ3n) is 2.73. The van der Waals surface area contributed by atoms with Crippen molar-refractivity contribution in [2.45, 2.75) is 33.5 Å². The van der Waals surface area contributed by atoms with Crippen molar-refractivity contribution < 1.29 is 22.6 Å². The Hall–Kier alpha value is -1.27. The number of rotatable bonds is 8. The predicted octanol–water partition coefficient (Wildman–Crippen LogP) is 3.82. The number of ether oxygens (including phenoxy) is 2. The lowest BCUT2D eigenvalue weighted by Gasteiger charge is -2.16. The van der Waals surface area contributed by atoms with Crippen molar-refractivity contribution in [3.63, 3.8) is 0 Å². The molecule has 0 spiro atoms. The first-order chi connectivity index (χ1) is 9.84. The smallest absolute Gasteiger partial charge is 0.419 e. The van der Waals surface area contributed by atoms with E-state index in [4.69, 9.17) is 9.47 Å². The van der Waals surface area contributed by atoms with Crippen LogP contribution in [0.1, 0.15) is 31.9 Å². The lowest BCUT2D eigenvalue weighted by Crippen LogP contribution is -2.19. The third-order valence-corrected chi connectivity index (χ3v) is 2.73. The van der Waals surface area contributed by atoms with Crippen LogP contribution in [0.3, 0.4) is 0 Å². The van der Waals surface area contributed by atoms with Crippen molar-refractivity contribution >= 4 is 0 Å². The van der Waals surface area contributed by atoms with Crippen molar-refractivity contribution in [3.8, 4) is 5.75 Å². The van der Waals surface area contributed by atoms with Gasteiger partial charge in [-0.3, -0.25) is 0 Å². The summed E-state index contributed by atoms with van der Waals surface area (Å²) in [5.41, 5.74) is -0.196. The Balaban J connectivity index is 2.81. The van der Waals surface area contributed by atoms with Gasteiger partial charge in [-0.1, -0.05) is 19.9 Å². The molecule has 0 aliphatic heterocycles. The first-order valence-corrected chi connectivity index (χ1v) is 6.96. The molecule has 1 rings (SSSR count). The number of halogens is 3. The number of alkyl halides is 3. The molecule has 0 radical (unpaired) electrons. The molecule has 0 saturated heterocycles. The molecule has 0 unspecified atom stereocenters. The van der Waals surface area contributed by atoms with Gasteiger partial charge in [0.05, 0.1) is 5.56 Å². The van der Waals surface area contributed by atoms with Crippen molar-refractivity contribution in [1.29, 1.82) is 0 Å². The van der Waals surface area contributed by atoms with Crippen LogP contribution >= 0.6 is 0 Å². The van der Waals surface area contributed by atoms with Crippen LogP contribution in [0.25, 0.3) is 0 Å². The van der Waals surface area contributed by atoms with Gasteiger partial charge in [0, 0.05) is 13.2 Å². The maximum absolute atomic E-state index is 13.0. The summed E-state index contributed by atoms with van der Waals surface area (Å²) in [6.07, 6.45) is -4.45. The van der Waals surface area contributed by atoms with E-state index in [0.717, 1.165) is 12.6 Å². The fourth-order valence-electron chi connectivity index (χ4n) is 1.73. The molecule has 0 atom stereocenters. The lowest BCUT2D eigenvalue weighted by molar-refractivity contribution is -0.139. The summed E-state index contributed by atoms with van der Waals surface area (Å²) in [6, 6.07) is 4.09. The minimum Gasteiger partial charge on any atom is -0.467 e. The summed E-state index contributed by atoms with van der Waals surface area (Å²) in [6.45, 7) is 7.18. The molecule has 120 valence electrons. The van der Waals surface area contributed by atoms with E-state index in [1.165, 1.54) is 6.07 Å². The average molecular weight is 305 g/mol. The zero-order valence-corrected chi connectivity index (χ0v) is 12.6. The Morgan fingerprint density at radius 1 is 1.24 bits per heavy atom. The highest BCUT2D eigenvalue weighted by molar-refractivity contribution is 5.39. The first kappa shape index (κ1) is 17.8. The lowest BCUT2D eigenvalue weighted by atomic mass is 10.1. The van der Waals surface area contributed by atoms with Gasteiger partial charge in [-0.15, -0.1) is 0 Å². The summed E-state index contributed by atoms with van der Waals surface area (Å²) in [5.74, 6) is 0.240. The van der Waals surface area contributed by atoms with E-state index >= 15 is 0 Å². The zero-order valence-electron chi connectivity index (χ0n) is 12.6. The Morgan fingerprint density at radius 2 is 1.95 bits per heavy atom. The largest absolute Gasteiger partial charge is 0.467 e. The highest BCUT2D eigenvalue weighted by Gasteiger charge is 2.34. The van der Waals surface area contributed by atoms with Gasteiger partial charge in [0.15, 0.2) is 6.79 Å². The van der Waals surface area contributed by atoms with Crippen LogP contribution in [-0.2, 0) is 17.5 Å². The van der Waals surface area contributed by atoms with Crippen LogP contribution in [0.5, 0.6) is 5.75 Å². The topological polar surface area (TPSA) is 30.5 Å². The van der Waals surface area contributed by atoms with Crippen LogP contribution in [-0.4, -0.2) is 19.9 Å². The van der Waals surface area contributed by atoms with Gasteiger partial charge in [-0.25, -0.2) is 0 Å². The highest BCUT2D eigenvalue weighted by Crippen LogP contribution is 2.36. The van der Waals surface area contributed by atoms with Gasteiger partial charge in [0.25, 0.3) is 0 Å². The van der Waals surface area contributed by atoms with Crippen molar-refractivity contribution in [3.05, 3.63) is 29.3 Å². The van der Waals surface area contributed by atoms with E-state index in [2.05, 4.69) is 5.32 Å². The van der Waals surface area contributed by atoms with E-state index in [1.807, 2.05) is 13.8 Å². The van der Waals surface area contributed by atoms with Crippen LogP contribution in [0.15, 0.2) is 18.2 Å². The van der Waals surface area contributed by atoms with Crippen molar-refractivity contribution in [2.75, 3.05) is 19.9 Å². The summed E-state index contributed by atoms with van der Waals surface area (Å²) in [7, 11) is 0. The molecule has 1 N–H and O–H groups in total. The maximum Gasteiger partial charge on any atom is 0.419 e. The summed E-state index contributed by atoms with van der Waals surface area (Å²) < 4.78 is 49.1. The Morgan fingerprint density at radius 3 is 2.52 bits per heavy atom. The van der Waals surface area contributed by atoms with Gasteiger partial charge < -0.3 is 14.8 Å². The molecule has 0 aromatic heterocycles. The summed E-state index contributed by atoms with van der Waals surface area (Å²) >= 11 is 0. The number of nitrogens with one attached hydrogen (secondary N) is 1. The summed E-state index contributed by atoms with van der Waals surface area (Å²) in [4.78, 5) is 0. The van der Waals surface area contributed by atoms with E-state index in [1.54, 1.807) is 13.0 Å². The SMILES string of the molecule is CCOCOc1ccc(CNCC(C)C)cc1C(F)(F)F.